The highest BCUT2D eigenvalue weighted by Gasteiger charge is 1.98. The summed E-state index contributed by atoms with van der Waals surface area (Å²) in [6, 6.07) is 0. The van der Waals surface area contributed by atoms with E-state index in [-0.39, 0.29) is 6.29 Å². The summed E-state index contributed by atoms with van der Waals surface area (Å²) in [4.78, 5) is 0. The van der Waals surface area contributed by atoms with Crippen molar-refractivity contribution in [3.8, 4) is 0 Å². The van der Waals surface area contributed by atoms with Gasteiger partial charge in [0.15, 0.2) is 6.29 Å². The lowest BCUT2D eigenvalue weighted by Gasteiger charge is -2.08. The number of alkyl halides is 1. The van der Waals surface area contributed by atoms with Crippen LogP contribution in [-0.2, 0) is 9.47 Å². The van der Waals surface area contributed by atoms with Crippen LogP contribution in [0.2, 0.25) is 0 Å². The third kappa shape index (κ3) is 5.52. The van der Waals surface area contributed by atoms with E-state index < -0.39 is 0 Å². The molecule has 3 heteroatoms. The summed E-state index contributed by atoms with van der Waals surface area (Å²) >= 11 is 3.30. The van der Waals surface area contributed by atoms with E-state index >= 15 is 0 Å². The van der Waals surface area contributed by atoms with E-state index in [9.17, 15) is 0 Å². The Labute approximate surface area is 82.4 Å². The van der Waals surface area contributed by atoms with Crippen LogP contribution in [0.4, 0.5) is 0 Å². The van der Waals surface area contributed by atoms with Gasteiger partial charge in [0.1, 0.15) is 0 Å². The van der Waals surface area contributed by atoms with Crippen molar-refractivity contribution in [1.82, 2.24) is 0 Å². The summed E-state index contributed by atoms with van der Waals surface area (Å²) in [5.41, 5.74) is 1.13. The minimum absolute atomic E-state index is 0.245. The lowest BCUT2D eigenvalue weighted by molar-refractivity contribution is -0.0669. The first-order chi connectivity index (χ1) is 5.74. The molecule has 12 heavy (non-hydrogen) atoms. The van der Waals surface area contributed by atoms with Crippen LogP contribution in [0.5, 0.6) is 0 Å². The quantitative estimate of drug-likeness (QED) is 0.414. The van der Waals surface area contributed by atoms with E-state index in [1.807, 2.05) is 25.2 Å². The van der Waals surface area contributed by atoms with Crippen molar-refractivity contribution in [3.05, 3.63) is 23.8 Å². The molecule has 0 rings (SSSR count). The van der Waals surface area contributed by atoms with Crippen molar-refractivity contribution in [2.24, 2.45) is 0 Å². The van der Waals surface area contributed by atoms with Gasteiger partial charge in [-0.25, -0.2) is 0 Å². The predicted octanol–water partition coefficient (Wildman–Crippen LogP) is 2.50. The fraction of sp³-hybridized carbons (Fsp3) is 0.556. The van der Waals surface area contributed by atoms with E-state index in [2.05, 4.69) is 15.9 Å². The van der Waals surface area contributed by atoms with Crippen LogP contribution < -0.4 is 0 Å². The van der Waals surface area contributed by atoms with Gasteiger partial charge in [0.2, 0.25) is 0 Å². The van der Waals surface area contributed by atoms with Gasteiger partial charge in [0, 0.05) is 19.5 Å². The van der Waals surface area contributed by atoms with Gasteiger partial charge in [-0.2, -0.15) is 0 Å². The van der Waals surface area contributed by atoms with Crippen molar-refractivity contribution in [1.29, 1.82) is 0 Å². The second kappa shape index (κ2) is 7.53. The van der Waals surface area contributed by atoms with Gasteiger partial charge in [-0.3, -0.25) is 0 Å². The minimum atomic E-state index is -0.245. The predicted molar refractivity (Wildman–Crippen MR) is 54.5 cm³/mol. The third-order valence-electron chi connectivity index (χ3n) is 1.33. The second-order valence-corrected chi connectivity index (χ2v) is 2.95. The molecule has 0 radical (unpaired) electrons. The Morgan fingerprint density at radius 2 is 2.00 bits per heavy atom. The zero-order valence-corrected chi connectivity index (χ0v) is 9.30. The zero-order valence-electron chi connectivity index (χ0n) is 7.71. The van der Waals surface area contributed by atoms with Crippen molar-refractivity contribution in [3.63, 3.8) is 0 Å². The number of methoxy groups -OCH3 is 2. The molecule has 0 bridgehead atoms. The van der Waals surface area contributed by atoms with Gasteiger partial charge >= 0.3 is 0 Å². The number of allylic oxidation sites excluding steroid dienone is 3. The minimum Gasteiger partial charge on any atom is -0.352 e. The highest BCUT2D eigenvalue weighted by Crippen LogP contribution is 2.01. The number of hydrogen-bond acceptors (Lipinski definition) is 2. The Hall–Kier alpha value is -0.120. The maximum Gasteiger partial charge on any atom is 0.176 e. The zero-order chi connectivity index (χ0) is 9.40. The molecular formula is C9H15BrO2. The highest BCUT2D eigenvalue weighted by atomic mass is 79.9. The first-order valence-electron chi connectivity index (χ1n) is 3.71. The Morgan fingerprint density at radius 3 is 2.42 bits per heavy atom. The summed E-state index contributed by atoms with van der Waals surface area (Å²) in [7, 11) is 3.23. The molecule has 0 saturated carbocycles. The number of ether oxygens (including phenoxy) is 2. The number of rotatable bonds is 5. The Bertz CT molecular complexity index is 160. The van der Waals surface area contributed by atoms with Gasteiger partial charge in [-0.05, 0) is 13.0 Å². The maximum atomic E-state index is 5.01. The molecule has 0 aromatic heterocycles. The number of hydrogen-bond donors (Lipinski definition) is 0. The molecule has 0 aliphatic carbocycles. The molecule has 0 unspecified atom stereocenters. The van der Waals surface area contributed by atoms with Crippen LogP contribution in [0.3, 0.4) is 0 Å². The van der Waals surface area contributed by atoms with E-state index in [4.69, 9.17) is 9.47 Å². The molecule has 0 spiro atoms. The Kier molecular flexibility index (Phi) is 7.45. The standard InChI is InChI=1S/C9H15BrO2/c1-8(5-4-6-10)7-9(11-2)12-3/h4-5,7,9H,6H2,1-3H3/b5-4+,8-7+. The molecule has 0 saturated heterocycles. The molecule has 2 nitrogen and oxygen atoms in total. The van der Waals surface area contributed by atoms with Crippen LogP contribution in [0, 0.1) is 0 Å². The van der Waals surface area contributed by atoms with Crippen LogP contribution in [0.1, 0.15) is 6.92 Å². The third-order valence-corrected chi connectivity index (χ3v) is 1.71. The van der Waals surface area contributed by atoms with E-state index in [1.54, 1.807) is 14.2 Å². The fourth-order valence-electron chi connectivity index (χ4n) is 0.733. The normalized spacial score (nSPS) is 13.2. The summed E-state index contributed by atoms with van der Waals surface area (Å²) in [5, 5.41) is 0.864. The fourth-order valence-corrected chi connectivity index (χ4v) is 0.920. The lowest BCUT2D eigenvalue weighted by Crippen LogP contribution is -2.09. The van der Waals surface area contributed by atoms with Crippen LogP contribution in [0.25, 0.3) is 0 Å². The maximum absolute atomic E-state index is 5.01. The van der Waals surface area contributed by atoms with Crippen molar-refractivity contribution in [2.45, 2.75) is 13.2 Å². The molecule has 0 aliphatic rings. The molecule has 0 fully saturated rings. The van der Waals surface area contributed by atoms with E-state index in [0.717, 1.165) is 10.9 Å². The lowest BCUT2D eigenvalue weighted by atomic mass is 10.2. The SMILES string of the molecule is COC(/C=C(C)/C=C/CBr)OC. The Morgan fingerprint density at radius 1 is 1.42 bits per heavy atom. The summed E-state index contributed by atoms with van der Waals surface area (Å²) < 4.78 is 10.0. The van der Waals surface area contributed by atoms with Gasteiger partial charge in [-0.1, -0.05) is 33.7 Å². The van der Waals surface area contributed by atoms with E-state index in [0.29, 0.717) is 0 Å². The first kappa shape index (κ1) is 11.9. The average molecular weight is 235 g/mol. The van der Waals surface area contributed by atoms with Crippen LogP contribution >= 0.6 is 15.9 Å². The summed E-state index contributed by atoms with van der Waals surface area (Å²) in [6.07, 6.45) is 5.71. The largest absolute Gasteiger partial charge is 0.352 e. The topological polar surface area (TPSA) is 18.5 Å². The first-order valence-corrected chi connectivity index (χ1v) is 4.83. The molecule has 0 N–H and O–H groups in total. The molecule has 0 heterocycles. The summed E-state index contributed by atoms with van der Waals surface area (Å²) in [5.74, 6) is 0. The van der Waals surface area contributed by atoms with Gasteiger partial charge in [0.05, 0.1) is 0 Å². The van der Waals surface area contributed by atoms with Gasteiger partial charge < -0.3 is 9.47 Å². The molecule has 0 aliphatic heterocycles. The van der Waals surface area contributed by atoms with Crippen LogP contribution in [-0.4, -0.2) is 25.8 Å². The molecule has 0 amide bonds. The second-order valence-electron chi connectivity index (χ2n) is 2.31. The van der Waals surface area contributed by atoms with Crippen LogP contribution in [0.15, 0.2) is 23.8 Å². The molecule has 70 valence electrons. The molecule has 0 aromatic carbocycles. The smallest absolute Gasteiger partial charge is 0.176 e. The van der Waals surface area contributed by atoms with Crippen molar-refractivity contribution in [2.75, 3.05) is 19.5 Å². The van der Waals surface area contributed by atoms with Gasteiger partial charge in [-0.15, -0.1) is 0 Å². The number of halogens is 1. The summed E-state index contributed by atoms with van der Waals surface area (Å²) in [6.45, 7) is 2.00. The highest BCUT2D eigenvalue weighted by molar-refractivity contribution is 9.09. The molecule has 0 aromatic rings. The Balaban J connectivity index is 4.03. The average Bonchev–Trinajstić information content (AvgIpc) is 2.10. The monoisotopic (exact) mass is 234 g/mol. The van der Waals surface area contributed by atoms with Gasteiger partial charge in [0.25, 0.3) is 0 Å². The molecular weight excluding hydrogens is 220 g/mol. The molecule has 0 atom stereocenters. The van der Waals surface area contributed by atoms with Crippen molar-refractivity contribution >= 4 is 15.9 Å². The van der Waals surface area contributed by atoms with E-state index in [1.165, 1.54) is 0 Å². The van der Waals surface area contributed by atoms with Crippen molar-refractivity contribution < 1.29 is 9.47 Å².